The van der Waals surface area contributed by atoms with Crippen molar-refractivity contribution < 1.29 is 19.5 Å². The van der Waals surface area contributed by atoms with Crippen LogP contribution in [0.15, 0.2) is 24.3 Å². The zero-order chi connectivity index (χ0) is 17.0. The molecule has 0 aliphatic carbocycles. The molecule has 1 unspecified atom stereocenters. The summed E-state index contributed by atoms with van der Waals surface area (Å²) in [5, 5.41) is 11.6. The van der Waals surface area contributed by atoms with Crippen LogP contribution in [0.5, 0.6) is 0 Å². The molecule has 2 amide bonds. The van der Waals surface area contributed by atoms with Crippen LogP contribution in [-0.4, -0.2) is 48.4 Å². The Balaban J connectivity index is 1.98. The largest absolute Gasteiger partial charge is 0.380 e. The van der Waals surface area contributed by atoms with Gasteiger partial charge in [-0.15, -0.1) is 5.06 Å². The molecule has 2 aliphatic rings. The van der Waals surface area contributed by atoms with Crippen molar-refractivity contribution >= 4 is 39.9 Å². The van der Waals surface area contributed by atoms with Crippen molar-refractivity contribution in [2.45, 2.75) is 12.5 Å². The maximum absolute atomic E-state index is 12.3. The molecule has 0 bridgehead atoms. The summed E-state index contributed by atoms with van der Waals surface area (Å²) in [7, 11) is 1.68. The van der Waals surface area contributed by atoms with E-state index in [1.54, 1.807) is 19.2 Å². The van der Waals surface area contributed by atoms with Gasteiger partial charge in [-0.25, -0.2) is 0 Å². The van der Waals surface area contributed by atoms with E-state index in [1.165, 1.54) is 6.07 Å². The molecule has 2 aromatic carbocycles. The van der Waals surface area contributed by atoms with Crippen LogP contribution in [0.1, 0.15) is 27.1 Å². The summed E-state index contributed by atoms with van der Waals surface area (Å²) in [5.41, 5.74) is 1.33. The molecule has 1 N–H and O–H groups in total. The van der Waals surface area contributed by atoms with Gasteiger partial charge < -0.3 is 9.64 Å². The molecule has 0 radical (unpaired) electrons. The van der Waals surface area contributed by atoms with E-state index in [-0.39, 0.29) is 16.7 Å². The Hall–Kier alpha value is -2.15. The van der Waals surface area contributed by atoms with Crippen LogP contribution < -0.4 is 4.90 Å². The van der Waals surface area contributed by atoms with Gasteiger partial charge in [0.25, 0.3) is 11.8 Å². The van der Waals surface area contributed by atoms with Gasteiger partial charge in [-0.3, -0.25) is 14.8 Å². The lowest BCUT2D eigenvalue weighted by atomic mass is 9.93. The molecule has 24 heavy (non-hydrogen) atoms. The number of rotatable bonds is 2. The van der Waals surface area contributed by atoms with E-state index in [9.17, 15) is 14.8 Å². The summed E-state index contributed by atoms with van der Waals surface area (Å²) < 4.78 is 5.41. The molecule has 0 spiro atoms. The lowest BCUT2D eigenvalue weighted by Gasteiger charge is -2.27. The van der Waals surface area contributed by atoms with Crippen LogP contribution in [0.25, 0.3) is 10.8 Å². The summed E-state index contributed by atoms with van der Waals surface area (Å²) >= 11 is 6.46. The Morgan fingerprint density at radius 1 is 1.25 bits per heavy atom. The zero-order valence-electron chi connectivity index (χ0n) is 13.0. The lowest BCUT2D eigenvalue weighted by Crippen LogP contribution is -2.37. The number of benzene rings is 2. The number of nitrogens with zero attached hydrogens (tertiary/aromatic N) is 2. The van der Waals surface area contributed by atoms with Crippen LogP contribution in [-0.2, 0) is 4.74 Å². The van der Waals surface area contributed by atoms with Crippen molar-refractivity contribution in [2.75, 3.05) is 25.1 Å². The fourth-order valence-corrected chi connectivity index (χ4v) is 3.88. The predicted molar refractivity (Wildman–Crippen MR) is 88.9 cm³/mol. The molecule has 1 fully saturated rings. The van der Waals surface area contributed by atoms with E-state index in [2.05, 4.69) is 4.90 Å². The van der Waals surface area contributed by atoms with E-state index in [0.717, 1.165) is 24.0 Å². The Morgan fingerprint density at radius 3 is 2.71 bits per heavy atom. The maximum atomic E-state index is 12.3. The number of hydroxylamine groups is 2. The van der Waals surface area contributed by atoms with E-state index < -0.39 is 11.8 Å². The molecule has 4 rings (SSSR count). The molecular weight excluding hydrogens is 332 g/mol. The lowest BCUT2D eigenvalue weighted by molar-refractivity contribution is -0.0377. The van der Waals surface area contributed by atoms with Crippen molar-refractivity contribution in [3.63, 3.8) is 0 Å². The minimum Gasteiger partial charge on any atom is -0.380 e. The smallest absolute Gasteiger partial charge is 0.285 e. The average molecular weight is 347 g/mol. The quantitative estimate of drug-likeness (QED) is 0.668. The molecule has 124 valence electrons. The van der Waals surface area contributed by atoms with Crippen LogP contribution in [0.2, 0.25) is 5.02 Å². The van der Waals surface area contributed by atoms with Crippen molar-refractivity contribution in [2.24, 2.45) is 0 Å². The summed E-state index contributed by atoms with van der Waals surface area (Å²) in [6.45, 7) is 1.48. The molecule has 6 nitrogen and oxygen atoms in total. The standard InChI is InChI=1S/C17H15ClN2O4/c1-24-9-5-6-19(8-9)15-10-3-2-4-11-14(10)12(7-13(15)18)17(22)20(23)16(11)21/h2-4,7,9,23H,5-6,8H2,1H3. The van der Waals surface area contributed by atoms with Gasteiger partial charge >= 0.3 is 0 Å². The minimum absolute atomic E-state index is 0.128. The molecule has 7 heteroatoms. The fraction of sp³-hybridized carbons (Fsp3) is 0.294. The third-order valence-electron chi connectivity index (χ3n) is 4.73. The first-order valence-electron chi connectivity index (χ1n) is 7.63. The molecule has 1 saturated heterocycles. The van der Waals surface area contributed by atoms with Gasteiger partial charge in [0.1, 0.15) is 0 Å². The minimum atomic E-state index is -0.756. The third-order valence-corrected chi connectivity index (χ3v) is 5.01. The average Bonchev–Trinajstić information content (AvgIpc) is 3.06. The van der Waals surface area contributed by atoms with Gasteiger partial charge in [0.05, 0.1) is 27.9 Å². The third kappa shape index (κ3) is 2.04. The number of ether oxygens (including phenoxy) is 1. The van der Waals surface area contributed by atoms with Gasteiger partial charge in [0.2, 0.25) is 0 Å². The molecule has 0 aromatic heterocycles. The van der Waals surface area contributed by atoms with Crippen LogP contribution >= 0.6 is 11.6 Å². The van der Waals surface area contributed by atoms with E-state index in [1.807, 2.05) is 6.07 Å². The van der Waals surface area contributed by atoms with Crippen LogP contribution in [0, 0.1) is 0 Å². The highest BCUT2D eigenvalue weighted by molar-refractivity contribution is 6.37. The highest BCUT2D eigenvalue weighted by Crippen LogP contribution is 2.41. The number of amides is 2. The van der Waals surface area contributed by atoms with Crippen molar-refractivity contribution in [3.8, 4) is 0 Å². The van der Waals surface area contributed by atoms with E-state index in [0.29, 0.717) is 22.5 Å². The second-order valence-corrected chi connectivity index (χ2v) is 6.40. The van der Waals surface area contributed by atoms with Gasteiger partial charge in [0.15, 0.2) is 0 Å². The molecule has 0 saturated carbocycles. The fourth-order valence-electron chi connectivity index (χ4n) is 3.55. The Labute approximate surface area is 143 Å². The first-order valence-corrected chi connectivity index (χ1v) is 8.01. The maximum Gasteiger partial charge on any atom is 0.285 e. The van der Waals surface area contributed by atoms with Gasteiger partial charge in [0, 0.05) is 31.0 Å². The Bertz CT molecular complexity index is 883. The number of carbonyl (C=O) groups excluding carboxylic acids is 2. The SMILES string of the molecule is COC1CCN(c2c(Cl)cc3c4c(cccc24)C(=O)N(O)C3=O)C1. The summed E-state index contributed by atoms with van der Waals surface area (Å²) in [4.78, 5) is 26.6. The van der Waals surface area contributed by atoms with Gasteiger partial charge in [-0.2, -0.15) is 0 Å². The summed E-state index contributed by atoms with van der Waals surface area (Å²) in [6.07, 6.45) is 1.01. The highest BCUT2D eigenvalue weighted by atomic mass is 35.5. The van der Waals surface area contributed by atoms with Crippen LogP contribution in [0.3, 0.4) is 0 Å². The molecule has 2 aliphatic heterocycles. The number of anilines is 1. The molecular formula is C17H15ClN2O4. The first kappa shape index (κ1) is 15.4. The predicted octanol–water partition coefficient (Wildman–Crippen LogP) is 2.70. The second kappa shape index (κ2) is 5.44. The highest BCUT2D eigenvalue weighted by Gasteiger charge is 2.35. The number of methoxy groups -OCH3 is 1. The Kier molecular flexibility index (Phi) is 3.49. The molecule has 2 heterocycles. The molecule has 1 atom stereocenters. The zero-order valence-corrected chi connectivity index (χ0v) is 13.7. The number of imide groups is 1. The topological polar surface area (TPSA) is 70.1 Å². The van der Waals surface area contributed by atoms with E-state index in [4.69, 9.17) is 16.3 Å². The van der Waals surface area contributed by atoms with E-state index >= 15 is 0 Å². The Morgan fingerprint density at radius 2 is 2.00 bits per heavy atom. The van der Waals surface area contributed by atoms with Crippen molar-refractivity contribution in [3.05, 3.63) is 40.4 Å². The summed E-state index contributed by atoms with van der Waals surface area (Å²) in [5.74, 6) is -1.48. The van der Waals surface area contributed by atoms with Crippen molar-refractivity contribution in [1.82, 2.24) is 5.06 Å². The van der Waals surface area contributed by atoms with Gasteiger partial charge in [-0.05, 0) is 18.6 Å². The number of halogens is 1. The van der Waals surface area contributed by atoms with Crippen LogP contribution in [0.4, 0.5) is 5.69 Å². The summed E-state index contributed by atoms with van der Waals surface area (Å²) in [6, 6.07) is 6.70. The number of hydrogen-bond donors (Lipinski definition) is 1. The second-order valence-electron chi connectivity index (χ2n) is 6.00. The number of carbonyl (C=O) groups is 2. The normalized spacial score (nSPS) is 20.4. The first-order chi connectivity index (χ1) is 11.5. The van der Waals surface area contributed by atoms with Gasteiger partial charge in [-0.1, -0.05) is 23.7 Å². The monoisotopic (exact) mass is 346 g/mol. The molecule has 2 aromatic rings. The number of hydrogen-bond acceptors (Lipinski definition) is 5. The van der Waals surface area contributed by atoms with Crippen molar-refractivity contribution in [1.29, 1.82) is 0 Å².